The summed E-state index contributed by atoms with van der Waals surface area (Å²) in [7, 11) is 0. The lowest BCUT2D eigenvalue weighted by Crippen LogP contribution is -2.54. The fourth-order valence-electron chi connectivity index (χ4n) is 6.23. The number of nitrogens with one attached hydrogen (secondary N) is 1. The van der Waals surface area contributed by atoms with Gasteiger partial charge in [-0.1, -0.05) is 41.4 Å². The Kier molecular flexibility index (Phi) is 12.9. The molecule has 1 aromatic heterocycles. The van der Waals surface area contributed by atoms with E-state index in [4.69, 9.17) is 16.3 Å². The molecule has 0 aliphatic heterocycles. The number of amides is 2. The van der Waals surface area contributed by atoms with Crippen LogP contribution >= 0.6 is 11.6 Å². The Hall–Kier alpha value is -3.93. The number of nitrogens with zero attached hydrogens (tertiary/aromatic N) is 2. The van der Waals surface area contributed by atoms with Gasteiger partial charge in [-0.05, 0) is 93.7 Å². The molecule has 3 aromatic rings. The standard InChI is InChI=1S/C36H41ClF5N3O4/c1-4-45(22-26-12-10-24(11-13-26)16-32(46)48-5-2)34(47)44-35(31-15-14-28(37)21-43-31,20-25-8-6-23(3)7-9-25)27-17-29(38)19-30(18-27)49-36(41,42)33(39)40/h6-9,14-15,17-19,21,24,26,33H,4-5,10-13,16,20,22H2,1-3H3,(H,44,47)/t24?,26?,35-/m0/s1. The second-order valence-electron chi connectivity index (χ2n) is 12.4. The minimum atomic E-state index is -4.90. The Morgan fingerprint density at radius 1 is 1.02 bits per heavy atom. The van der Waals surface area contributed by atoms with Crippen LogP contribution in [0.5, 0.6) is 5.75 Å². The van der Waals surface area contributed by atoms with Crippen molar-refractivity contribution in [2.75, 3.05) is 19.7 Å². The summed E-state index contributed by atoms with van der Waals surface area (Å²) in [5, 5.41) is 3.31. The maximum Gasteiger partial charge on any atom is 0.461 e. The molecule has 49 heavy (non-hydrogen) atoms. The van der Waals surface area contributed by atoms with Crippen LogP contribution in [0.25, 0.3) is 0 Å². The monoisotopic (exact) mass is 709 g/mol. The number of carbonyl (C=O) groups is 2. The van der Waals surface area contributed by atoms with Crippen LogP contribution in [-0.4, -0.2) is 54.1 Å². The van der Waals surface area contributed by atoms with E-state index in [1.54, 1.807) is 24.0 Å². The van der Waals surface area contributed by atoms with Crippen LogP contribution in [0, 0.1) is 24.6 Å². The molecular formula is C36H41ClF5N3O4. The van der Waals surface area contributed by atoms with Crippen molar-refractivity contribution in [3.8, 4) is 5.75 Å². The Labute approximate surface area is 288 Å². The third-order valence-electron chi connectivity index (χ3n) is 8.82. The van der Waals surface area contributed by atoms with Gasteiger partial charge in [0.2, 0.25) is 0 Å². The highest BCUT2D eigenvalue weighted by Gasteiger charge is 2.45. The van der Waals surface area contributed by atoms with Crippen LogP contribution < -0.4 is 10.1 Å². The van der Waals surface area contributed by atoms with E-state index < -0.39 is 35.7 Å². The topological polar surface area (TPSA) is 80.8 Å². The van der Waals surface area contributed by atoms with Gasteiger partial charge in [0.15, 0.2) is 0 Å². The number of ether oxygens (including phenoxy) is 2. The lowest BCUT2D eigenvalue weighted by molar-refractivity contribution is -0.253. The van der Waals surface area contributed by atoms with Gasteiger partial charge in [0.1, 0.15) is 17.1 Å². The van der Waals surface area contributed by atoms with Gasteiger partial charge in [0, 0.05) is 38.2 Å². The van der Waals surface area contributed by atoms with E-state index in [2.05, 4.69) is 15.0 Å². The number of esters is 1. The zero-order valence-corrected chi connectivity index (χ0v) is 28.4. The van der Waals surface area contributed by atoms with Crippen molar-refractivity contribution in [2.45, 2.75) is 77.4 Å². The third-order valence-corrected chi connectivity index (χ3v) is 9.05. The van der Waals surface area contributed by atoms with E-state index in [-0.39, 0.29) is 40.5 Å². The van der Waals surface area contributed by atoms with Gasteiger partial charge in [-0.3, -0.25) is 9.78 Å². The van der Waals surface area contributed by atoms with Crippen LogP contribution in [-0.2, 0) is 21.5 Å². The summed E-state index contributed by atoms with van der Waals surface area (Å²) in [5.74, 6) is -1.77. The first-order chi connectivity index (χ1) is 23.2. The molecule has 0 unspecified atom stereocenters. The smallest absolute Gasteiger partial charge is 0.461 e. The Morgan fingerprint density at radius 3 is 2.29 bits per heavy atom. The number of benzene rings is 2. The van der Waals surface area contributed by atoms with Gasteiger partial charge in [-0.2, -0.15) is 17.6 Å². The van der Waals surface area contributed by atoms with Gasteiger partial charge in [-0.25, -0.2) is 9.18 Å². The lowest BCUT2D eigenvalue weighted by Gasteiger charge is -2.39. The maximum atomic E-state index is 15.2. The van der Waals surface area contributed by atoms with Crippen molar-refractivity contribution >= 4 is 23.6 Å². The van der Waals surface area contributed by atoms with E-state index in [0.717, 1.165) is 43.4 Å². The van der Waals surface area contributed by atoms with Crippen molar-refractivity contribution in [3.63, 3.8) is 0 Å². The second-order valence-corrected chi connectivity index (χ2v) is 12.9. The number of aromatic nitrogens is 1. The largest absolute Gasteiger partial charge is 0.466 e. The summed E-state index contributed by atoms with van der Waals surface area (Å²) in [4.78, 5) is 32.3. The van der Waals surface area contributed by atoms with Gasteiger partial charge < -0.3 is 19.7 Å². The predicted octanol–water partition coefficient (Wildman–Crippen LogP) is 8.70. The molecule has 0 radical (unpaired) electrons. The third kappa shape index (κ3) is 10.1. The summed E-state index contributed by atoms with van der Waals surface area (Å²) < 4.78 is 78.8. The van der Waals surface area contributed by atoms with Crippen molar-refractivity contribution in [3.05, 3.63) is 94.0 Å². The van der Waals surface area contributed by atoms with Crippen LogP contribution in [0.3, 0.4) is 0 Å². The van der Waals surface area contributed by atoms with Gasteiger partial charge in [-0.15, -0.1) is 0 Å². The number of hydrogen-bond acceptors (Lipinski definition) is 5. The first kappa shape index (κ1) is 37.9. The molecule has 0 saturated heterocycles. The number of alkyl halides is 4. The number of carbonyl (C=O) groups excluding carboxylic acids is 2. The van der Waals surface area contributed by atoms with Gasteiger partial charge in [0.25, 0.3) is 0 Å². The highest BCUT2D eigenvalue weighted by atomic mass is 35.5. The Bertz CT molecular complexity index is 1550. The summed E-state index contributed by atoms with van der Waals surface area (Å²) >= 11 is 6.16. The molecule has 2 aromatic carbocycles. The van der Waals surface area contributed by atoms with E-state index >= 15 is 4.39 Å². The number of hydrogen-bond donors (Lipinski definition) is 1. The molecule has 1 aliphatic carbocycles. The van der Waals surface area contributed by atoms with Crippen LogP contribution in [0.1, 0.15) is 68.3 Å². The highest BCUT2D eigenvalue weighted by Crippen LogP contribution is 2.38. The number of aryl methyl sites for hydroxylation is 1. The van der Waals surface area contributed by atoms with E-state index in [0.29, 0.717) is 37.7 Å². The molecule has 1 fully saturated rings. The first-order valence-corrected chi connectivity index (χ1v) is 16.7. The molecule has 1 atom stereocenters. The van der Waals surface area contributed by atoms with Crippen LogP contribution in [0.4, 0.5) is 26.7 Å². The molecule has 266 valence electrons. The minimum absolute atomic E-state index is 0.0295. The average Bonchev–Trinajstić information content (AvgIpc) is 3.05. The predicted molar refractivity (Wildman–Crippen MR) is 175 cm³/mol. The van der Waals surface area contributed by atoms with Crippen LogP contribution in [0.2, 0.25) is 5.02 Å². The van der Waals surface area contributed by atoms with Crippen molar-refractivity contribution < 1.29 is 41.0 Å². The summed E-state index contributed by atoms with van der Waals surface area (Å²) in [6.07, 6.45) is -4.20. The second kappa shape index (κ2) is 16.7. The first-order valence-electron chi connectivity index (χ1n) is 16.3. The summed E-state index contributed by atoms with van der Waals surface area (Å²) in [6.45, 7) is 6.50. The molecule has 13 heteroatoms. The fourth-order valence-corrected chi connectivity index (χ4v) is 6.35. The Morgan fingerprint density at radius 2 is 1.69 bits per heavy atom. The molecule has 7 nitrogen and oxygen atoms in total. The van der Waals surface area contributed by atoms with Gasteiger partial charge >= 0.3 is 24.5 Å². The van der Waals surface area contributed by atoms with Crippen LogP contribution in [0.15, 0.2) is 60.8 Å². The molecule has 1 aliphatic rings. The lowest BCUT2D eigenvalue weighted by atomic mass is 9.79. The number of halogens is 6. The molecular weight excluding hydrogens is 669 g/mol. The quantitative estimate of drug-likeness (QED) is 0.134. The van der Waals surface area contributed by atoms with Crippen molar-refractivity contribution in [2.24, 2.45) is 11.8 Å². The molecule has 1 saturated carbocycles. The van der Waals surface area contributed by atoms with E-state index in [1.165, 1.54) is 18.3 Å². The molecule has 1 heterocycles. The van der Waals surface area contributed by atoms with E-state index in [9.17, 15) is 27.2 Å². The highest BCUT2D eigenvalue weighted by molar-refractivity contribution is 6.30. The zero-order valence-electron chi connectivity index (χ0n) is 27.7. The number of rotatable bonds is 14. The average molecular weight is 710 g/mol. The van der Waals surface area contributed by atoms with Gasteiger partial charge in [0.05, 0.1) is 17.3 Å². The molecule has 2 amide bonds. The maximum absolute atomic E-state index is 15.2. The minimum Gasteiger partial charge on any atom is -0.466 e. The fraction of sp³-hybridized carbons (Fsp3) is 0.472. The van der Waals surface area contributed by atoms with Crippen molar-refractivity contribution in [1.29, 1.82) is 0 Å². The molecule has 0 spiro atoms. The Balaban J connectivity index is 1.72. The summed E-state index contributed by atoms with van der Waals surface area (Å²) in [5.41, 5.74) is 0.0514. The normalized spacial score (nSPS) is 17.7. The number of urea groups is 1. The molecule has 0 bridgehead atoms. The van der Waals surface area contributed by atoms with Crippen molar-refractivity contribution in [1.82, 2.24) is 15.2 Å². The molecule has 4 rings (SSSR count). The van der Waals surface area contributed by atoms with E-state index in [1.807, 2.05) is 26.0 Å². The molecule has 1 N–H and O–H groups in total. The zero-order chi connectivity index (χ0) is 35.8. The SMILES string of the molecule is CCOC(=O)CC1CCC(CN(CC)C(=O)N[C@@](Cc2ccc(C)cc2)(c2cc(F)cc(OC(F)(F)C(F)F)c2)c2ccc(Cl)cn2)CC1. The summed E-state index contributed by atoms with van der Waals surface area (Å²) in [6, 6.07) is 12.4. The number of pyridine rings is 1.